The van der Waals surface area contributed by atoms with Crippen LogP contribution in [-0.2, 0) is 13.0 Å². The van der Waals surface area contributed by atoms with Gasteiger partial charge in [0.05, 0.1) is 12.6 Å². The molecule has 0 bridgehead atoms. The molecule has 1 aliphatic rings. The lowest BCUT2D eigenvalue weighted by molar-refractivity contribution is 0.356. The highest BCUT2D eigenvalue weighted by atomic mass is 35.5. The van der Waals surface area contributed by atoms with Gasteiger partial charge in [-0.3, -0.25) is 4.90 Å². The predicted molar refractivity (Wildman–Crippen MR) is 57.8 cm³/mol. The van der Waals surface area contributed by atoms with Crippen molar-refractivity contribution in [1.82, 2.24) is 4.90 Å². The minimum Gasteiger partial charge on any atom is -0.493 e. The molecule has 0 N–H and O–H groups in total. The third kappa shape index (κ3) is 2.02. The van der Waals surface area contributed by atoms with E-state index in [1.54, 1.807) is 0 Å². The van der Waals surface area contributed by atoms with Crippen LogP contribution in [0.2, 0.25) is 0 Å². The fourth-order valence-electron chi connectivity index (χ4n) is 1.69. The minimum atomic E-state index is 0.563. The van der Waals surface area contributed by atoms with E-state index >= 15 is 0 Å². The Morgan fingerprint density at radius 3 is 3.14 bits per heavy atom. The number of hydrogen-bond donors (Lipinski definition) is 0. The Morgan fingerprint density at radius 1 is 1.50 bits per heavy atom. The van der Waals surface area contributed by atoms with Gasteiger partial charge in [-0.1, -0.05) is 12.1 Å². The third-order valence-corrected chi connectivity index (χ3v) is 2.82. The van der Waals surface area contributed by atoms with Gasteiger partial charge in [-0.15, -0.1) is 11.6 Å². The third-order valence-electron chi connectivity index (χ3n) is 2.41. The lowest BCUT2D eigenvalue weighted by Gasteiger charge is -2.12. The van der Waals surface area contributed by atoms with Crippen LogP contribution < -0.4 is 4.74 Å². The lowest BCUT2D eigenvalue weighted by atomic mass is 10.1. The SMILES string of the molecule is CN(CCl)Cc1ccc2c(c1)CCO2. The summed E-state index contributed by atoms with van der Waals surface area (Å²) in [4.78, 5) is 2.07. The van der Waals surface area contributed by atoms with Crippen molar-refractivity contribution in [2.45, 2.75) is 13.0 Å². The fraction of sp³-hybridized carbons (Fsp3) is 0.455. The van der Waals surface area contributed by atoms with Crippen molar-refractivity contribution in [1.29, 1.82) is 0 Å². The monoisotopic (exact) mass is 211 g/mol. The molecule has 3 heteroatoms. The highest BCUT2D eigenvalue weighted by Crippen LogP contribution is 2.26. The quantitative estimate of drug-likeness (QED) is 0.562. The number of fused-ring (bicyclic) bond motifs is 1. The summed E-state index contributed by atoms with van der Waals surface area (Å²) in [6, 6.07) is 6.94. The Balaban J connectivity index is 2.12. The molecule has 0 fully saturated rings. The predicted octanol–water partition coefficient (Wildman–Crippen LogP) is 2.25. The van der Waals surface area contributed by atoms with Crippen LogP contribution in [0.3, 0.4) is 0 Å². The molecular formula is C11H14ClNO. The molecule has 0 atom stereocenters. The zero-order valence-corrected chi connectivity index (χ0v) is 9.05. The van der Waals surface area contributed by atoms with E-state index < -0.39 is 0 Å². The van der Waals surface area contributed by atoms with Gasteiger partial charge >= 0.3 is 0 Å². The highest BCUT2D eigenvalue weighted by molar-refractivity contribution is 6.17. The average Bonchev–Trinajstić information content (AvgIpc) is 2.64. The summed E-state index contributed by atoms with van der Waals surface area (Å²) >= 11 is 5.72. The molecule has 0 unspecified atom stereocenters. The van der Waals surface area contributed by atoms with Crippen LogP contribution in [0.1, 0.15) is 11.1 Å². The van der Waals surface area contributed by atoms with Gasteiger partial charge in [-0.05, 0) is 24.2 Å². The molecular weight excluding hydrogens is 198 g/mol. The number of rotatable bonds is 3. The highest BCUT2D eigenvalue weighted by Gasteiger charge is 2.12. The molecule has 1 heterocycles. The Morgan fingerprint density at radius 2 is 2.36 bits per heavy atom. The molecule has 76 valence electrons. The smallest absolute Gasteiger partial charge is 0.122 e. The first-order valence-corrected chi connectivity index (χ1v) is 5.32. The summed E-state index contributed by atoms with van der Waals surface area (Å²) in [5.41, 5.74) is 2.63. The Hall–Kier alpha value is -0.730. The van der Waals surface area contributed by atoms with Gasteiger partial charge in [0, 0.05) is 13.0 Å². The second-order valence-corrected chi connectivity index (χ2v) is 3.91. The van der Waals surface area contributed by atoms with Crippen molar-refractivity contribution >= 4 is 11.6 Å². The zero-order chi connectivity index (χ0) is 9.97. The first-order chi connectivity index (χ1) is 6.79. The maximum Gasteiger partial charge on any atom is 0.122 e. The average molecular weight is 212 g/mol. The number of nitrogens with zero attached hydrogens (tertiary/aromatic N) is 1. The molecule has 1 aliphatic heterocycles. The molecule has 14 heavy (non-hydrogen) atoms. The van der Waals surface area contributed by atoms with Gasteiger partial charge < -0.3 is 4.74 Å². The standard InChI is InChI=1S/C11H14ClNO/c1-13(8-12)7-9-2-3-11-10(6-9)4-5-14-11/h2-3,6H,4-5,7-8H2,1H3. The normalized spacial score (nSPS) is 14.2. The number of ether oxygens (including phenoxy) is 1. The molecule has 1 aromatic carbocycles. The maximum absolute atomic E-state index is 5.72. The Labute approximate surface area is 89.4 Å². The topological polar surface area (TPSA) is 12.5 Å². The first-order valence-electron chi connectivity index (χ1n) is 4.78. The minimum absolute atomic E-state index is 0.563. The number of halogens is 1. The molecule has 2 nitrogen and oxygen atoms in total. The molecule has 0 spiro atoms. The van der Waals surface area contributed by atoms with E-state index in [9.17, 15) is 0 Å². The van der Waals surface area contributed by atoms with Crippen LogP contribution in [0.5, 0.6) is 5.75 Å². The molecule has 0 aromatic heterocycles. The van der Waals surface area contributed by atoms with E-state index in [4.69, 9.17) is 16.3 Å². The van der Waals surface area contributed by atoms with Crippen LogP contribution in [0, 0.1) is 0 Å². The van der Waals surface area contributed by atoms with E-state index in [0.29, 0.717) is 6.00 Å². The van der Waals surface area contributed by atoms with E-state index in [1.807, 2.05) is 7.05 Å². The van der Waals surface area contributed by atoms with Crippen molar-refractivity contribution < 1.29 is 4.74 Å². The van der Waals surface area contributed by atoms with Crippen LogP contribution in [0.25, 0.3) is 0 Å². The van der Waals surface area contributed by atoms with Crippen LogP contribution in [0.4, 0.5) is 0 Å². The summed E-state index contributed by atoms with van der Waals surface area (Å²) in [7, 11) is 2.01. The van der Waals surface area contributed by atoms with Gasteiger partial charge in [0.2, 0.25) is 0 Å². The number of alkyl halides is 1. The summed E-state index contributed by atoms with van der Waals surface area (Å²) in [6.45, 7) is 1.72. The summed E-state index contributed by atoms with van der Waals surface area (Å²) in [6.07, 6.45) is 1.04. The molecule has 1 aromatic rings. The number of hydrogen-bond acceptors (Lipinski definition) is 2. The summed E-state index contributed by atoms with van der Waals surface area (Å²) < 4.78 is 5.45. The lowest BCUT2D eigenvalue weighted by Crippen LogP contribution is -2.15. The zero-order valence-electron chi connectivity index (χ0n) is 8.29. The van der Waals surface area contributed by atoms with E-state index in [2.05, 4.69) is 23.1 Å². The van der Waals surface area contributed by atoms with Gasteiger partial charge in [-0.25, -0.2) is 0 Å². The van der Waals surface area contributed by atoms with E-state index in [1.165, 1.54) is 11.1 Å². The molecule has 0 radical (unpaired) electrons. The van der Waals surface area contributed by atoms with Gasteiger partial charge in [-0.2, -0.15) is 0 Å². The van der Waals surface area contributed by atoms with Gasteiger partial charge in [0.1, 0.15) is 5.75 Å². The van der Waals surface area contributed by atoms with Crippen LogP contribution in [-0.4, -0.2) is 24.6 Å². The van der Waals surface area contributed by atoms with Crippen molar-refractivity contribution in [3.63, 3.8) is 0 Å². The van der Waals surface area contributed by atoms with Crippen molar-refractivity contribution in [3.05, 3.63) is 29.3 Å². The van der Waals surface area contributed by atoms with E-state index in [0.717, 1.165) is 25.3 Å². The van der Waals surface area contributed by atoms with Crippen molar-refractivity contribution in [2.24, 2.45) is 0 Å². The summed E-state index contributed by atoms with van der Waals surface area (Å²) in [5, 5.41) is 0. The molecule has 0 amide bonds. The van der Waals surface area contributed by atoms with Crippen LogP contribution in [0.15, 0.2) is 18.2 Å². The first kappa shape index (κ1) is 9.81. The molecule has 0 saturated carbocycles. The Kier molecular flexibility index (Phi) is 2.94. The van der Waals surface area contributed by atoms with Gasteiger partial charge in [0.15, 0.2) is 0 Å². The molecule has 2 rings (SSSR count). The molecule has 0 saturated heterocycles. The fourth-order valence-corrected chi connectivity index (χ4v) is 1.78. The second kappa shape index (κ2) is 4.20. The Bertz CT molecular complexity index is 327. The largest absolute Gasteiger partial charge is 0.493 e. The van der Waals surface area contributed by atoms with Crippen LogP contribution >= 0.6 is 11.6 Å². The van der Waals surface area contributed by atoms with Gasteiger partial charge in [0.25, 0.3) is 0 Å². The second-order valence-electron chi connectivity index (χ2n) is 3.67. The number of benzene rings is 1. The van der Waals surface area contributed by atoms with Crippen molar-refractivity contribution in [3.8, 4) is 5.75 Å². The molecule has 0 aliphatic carbocycles. The van der Waals surface area contributed by atoms with Crippen molar-refractivity contribution in [2.75, 3.05) is 19.7 Å². The summed E-state index contributed by atoms with van der Waals surface area (Å²) in [5.74, 6) is 1.04. The van der Waals surface area contributed by atoms with E-state index in [-0.39, 0.29) is 0 Å². The maximum atomic E-state index is 5.72.